The predicted octanol–water partition coefficient (Wildman–Crippen LogP) is 5.33. The van der Waals surface area contributed by atoms with Gasteiger partial charge in [0.1, 0.15) is 11.4 Å². The van der Waals surface area contributed by atoms with Gasteiger partial charge in [-0.1, -0.05) is 48.0 Å². The van der Waals surface area contributed by atoms with Gasteiger partial charge in [-0.05, 0) is 68.1 Å². The number of anilines is 2. The van der Waals surface area contributed by atoms with Crippen LogP contribution in [0.5, 0.6) is 5.75 Å². The van der Waals surface area contributed by atoms with Gasteiger partial charge in [-0.25, -0.2) is 4.90 Å². The first kappa shape index (κ1) is 21.4. The number of imide groups is 1. The van der Waals surface area contributed by atoms with E-state index in [9.17, 15) is 9.59 Å². The van der Waals surface area contributed by atoms with E-state index < -0.39 is 5.91 Å². The number of hydrogen-bond donors (Lipinski definition) is 1. The number of hydrogen-bond acceptors (Lipinski definition) is 4. The number of ether oxygens (including phenoxy) is 1. The molecule has 0 unspecified atom stereocenters. The lowest BCUT2D eigenvalue weighted by Gasteiger charge is -2.18. The maximum atomic E-state index is 13.7. The van der Waals surface area contributed by atoms with E-state index in [1.165, 1.54) is 12.0 Å². The van der Waals surface area contributed by atoms with Gasteiger partial charge in [-0.2, -0.15) is 0 Å². The van der Waals surface area contributed by atoms with Crippen LogP contribution in [-0.2, 0) is 9.59 Å². The number of carbonyl (C=O) groups excluding carboxylic acids is 2. The van der Waals surface area contributed by atoms with E-state index in [-0.39, 0.29) is 11.6 Å². The highest BCUT2D eigenvalue weighted by Gasteiger charge is 2.41. The summed E-state index contributed by atoms with van der Waals surface area (Å²) in [6.45, 7) is 7.92. The number of para-hydroxylation sites is 2. The number of carbonyl (C=O) groups is 2. The molecule has 0 bridgehead atoms. The first-order valence-corrected chi connectivity index (χ1v) is 10.5. The lowest BCUT2D eigenvalue weighted by molar-refractivity contribution is -0.120. The van der Waals surface area contributed by atoms with E-state index >= 15 is 0 Å². The summed E-state index contributed by atoms with van der Waals surface area (Å²) in [4.78, 5) is 28.6. The number of rotatable bonds is 5. The van der Waals surface area contributed by atoms with Crippen LogP contribution in [0, 0.1) is 27.7 Å². The van der Waals surface area contributed by atoms with Crippen LogP contribution in [0.3, 0.4) is 0 Å². The van der Waals surface area contributed by atoms with Gasteiger partial charge in [-0.15, -0.1) is 0 Å². The van der Waals surface area contributed by atoms with Crippen molar-refractivity contribution in [2.45, 2.75) is 27.7 Å². The van der Waals surface area contributed by atoms with Gasteiger partial charge < -0.3 is 10.1 Å². The number of methoxy groups -OCH3 is 1. The maximum Gasteiger partial charge on any atom is 0.282 e. The van der Waals surface area contributed by atoms with E-state index in [1.54, 1.807) is 24.3 Å². The predicted molar refractivity (Wildman–Crippen MR) is 128 cm³/mol. The van der Waals surface area contributed by atoms with Crippen molar-refractivity contribution in [3.8, 4) is 5.75 Å². The molecule has 5 heteroatoms. The Hall–Kier alpha value is -3.86. The van der Waals surface area contributed by atoms with Gasteiger partial charge >= 0.3 is 0 Å². The molecule has 0 radical (unpaired) electrons. The zero-order chi connectivity index (χ0) is 23.0. The molecule has 0 spiro atoms. The number of benzene rings is 3. The topological polar surface area (TPSA) is 58.6 Å². The highest BCUT2D eigenvalue weighted by atomic mass is 16.5. The quantitative estimate of drug-likeness (QED) is 0.561. The second-order valence-electron chi connectivity index (χ2n) is 8.13. The van der Waals surface area contributed by atoms with Crippen molar-refractivity contribution in [1.82, 2.24) is 0 Å². The zero-order valence-corrected chi connectivity index (χ0v) is 18.9. The summed E-state index contributed by atoms with van der Waals surface area (Å²) in [6, 6.07) is 18.9. The second kappa shape index (κ2) is 8.35. The number of amides is 2. The van der Waals surface area contributed by atoms with Gasteiger partial charge in [-0.3, -0.25) is 9.59 Å². The summed E-state index contributed by atoms with van der Waals surface area (Å²) in [5.74, 6) is -0.322. The third-order valence-corrected chi connectivity index (χ3v) is 5.71. The van der Waals surface area contributed by atoms with Crippen molar-refractivity contribution < 1.29 is 14.3 Å². The van der Waals surface area contributed by atoms with Gasteiger partial charge in [0.25, 0.3) is 11.8 Å². The molecule has 3 aromatic carbocycles. The lowest BCUT2D eigenvalue weighted by atomic mass is 9.97. The molecule has 1 aliphatic rings. The Morgan fingerprint density at radius 2 is 1.47 bits per heavy atom. The van der Waals surface area contributed by atoms with Crippen molar-refractivity contribution in [1.29, 1.82) is 0 Å². The van der Waals surface area contributed by atoms with Gasteiger partial charge in [0.05, 0.1) is 18.4 Å². The molecule has 0 saturated heterocycles. The van der Waals surface area contributed by atoms with Crippen molar-refractivity contribution in [3.05, 3.63) is 94.2 Å². The molecule has 0 saturated carbocycles. The SMILES string of the molecule is COc1ccccc1N1C(=O)C(Nc2cc(C)ccc2C)=C(c2ccc(C)cc2C)C1=O. The van der Waals surface area contributed by atoms with Crippen LogP contribution >= 0.6 is 0 Å². The minimum Gasteiger partial charge on any atom is -0.495 e. The molecular formula is C27H26N2O3. The number of nitrogens with one attached hydrogen (secondary N) is 1. The Bertz CT molecular complexity index is 1270. The summed E-state index contributed by atoms with van der Waals surface area (Å²) < 4.78 is 5.44. The lowest BCUT2D eigenvalue weighted by Crippen LogP contribution is -2.32. The largest absolute Gasteiger partial charge is 0.495 e. The van der Waals surface area contributed by atoms with Gasteiger partial charge in [0.2, 0.25) is 0 Å². The fraction of sp³-hybridized carbons (Fsp3) is 0.185. The minimum absolute atomic E-state index is 0.265. The average molecular weight is 427 g/mol. The van der Waals surface area contributed by atoms with Crippen LogP contribution in [0.25, 0.3) is 5.57 Å². The molecule has 1 aliphatic heterocycles. The molecule has 162 valence electrons. The first-order valence-electron chi connectivity index (χ1n) is 10.5. The van der Waals surface area contributed by atoms with E-state index in [1.807, 2.05) is 64.1 Å². The maximum absolute atomic E-state index is 13.7. The molecule has 3 aromatic rings. The van der Waals surface area contributed by atoms with Crippen LogP contribution in [0.2, 0.25) is 0 Å². The fourth-order valence-corrected chi connectivity index (χ4v) is 4.03. The van der Waals surface area contributed by atoms with E-state index in [0.717, 1.165) is 33.5 Å². The normalized spacial score (nSPS) is 13.7. The van der Waals surface area contributed by atoms with E-state index in [4.69, 9.17) is 4.74 Å². The summed E-state index contributed by atoms with van der Waals surface area (Å²) in [5.41, 5.74) is 6.65. The Balaban J connectivity index is 1.91. The van der Waals surface area contributed by atoms with Crippen LogP contribution in [0.15, 0.2) is 66.4 Å². The van der Waals surface area contributed by atoms with Crippen molar-refractivity contribution >= 4 is 28.8 Å². The van der Waals surface area contributed by atoms with Crippen LogP contribution < -0.4 is 15.0 Å². The van der Waals surface area contributed by atoms with Crippen LogP contribution in [0.1, 0.15) is 27.8 Å². The Morgan fingerprint density at radius 1 is 0.781 bits per heavy atom. The third kappa shape index (κ3) is 3.66. The van der Waals surface area contributed by atoms with E-state index in [2.05, 4.69) is 5.32 Å². The highest BCUT2D eigenvalue weighted by molar-refractivity contribution is 6.46. The zero-order valence-electron chi connectivity index (χ0n) is 18.9. The molecule has 0 aromatic heterocycles. The molecule has 0 atom stereocenters. The Labute approximate surface area is 188 Å². The molecular weight excluding hydrogens is 400 g/mol. The standard InChI is InChI=1S/C27H26N2O3/c1-16-11-13-20(19(4)14-16)24-25(28-21-15-17(2)10-12-18(21)3)27(31)29(26(24)30)22-8-6-7-9-23(22)32-5/h6-15,28H,1-5H3. The fourth-order valence-electron chi connectivity index (χ4n) is 4.03. The first-order chi connectivity index (χ1) is 15.3. The second-order valence-corrected chi connectivity index (χ2v) is 8.13. The molecule has 32 heavy (non-hydrogen) atoms. The minimum atomic E-state index is -0.407. The number of nitrogens with zero attached hydrogens (tertiary/aromatic N) is 1. The van der Waals surface area contributed by atoms with Crippen LogP contribution in [-0.4, -0.2) is 18.9 Å². The molecule has 0 aliphatic carbocycles. The molecule has 0 fully saturated rings. The number of aryl methyl sites for hydroxylation is 4. The summed E-state index contributed by atoms with van der Waals surface area (Å²) in [7, 11) is 1.53. The molecule has 4 rings (SSSR count). The van der Waals surface area contributed by atoms with Crippen molar-refractivity contribution in [2.24, 2.45) is 0 Å². The van der Waals surface area contributed by atoms with Crippen molar-refractivity contribution in [2.75, 3.05) is 17.3 Å². The summed E-state index contributed by atoms with van der Waals surface area (Å²) in [6.07, 6.45) is 0. The van der Waals surface area contributed by atoms with Crippen molar-refractivity contribution in [3.63, 3.8) is 0 Å². The smallest absolute Gasteiger partial charge is 0.282 e. The van der Waals surface area contributed by atoms with E-state index in [0.29, 0.717) is 17.0 Å². The molecule has 2 amide bonds. The molecule has 1 heterocycles. The monoisotopic (exact) mass is 426 g/mol. The van der Waals surface area contributed by atoms with Gasteiger partial charge in [0.15, 0.2) is 0 Å². The summed E-state index contributed by atoms with van der Waals surface area (Å²) in [5, 5.41) is 3.28. The van der Waals surface area contributed by atoms with Crippen LogP contribution in [0.4, 0.5) is 11.4 Å². The Kier molecular flexibility index (Phi) is 5.57. The third-order valence-electron chi connectivity index (χ3n) is 5.71. The van der Waals surface area contributed by atoms with Gasteiger partial charge in [0, 0.05) is 5.69 Å². The average Bonchev–Trinajstić information content (AvgIpc) is 3.00. The highest BCUT2D eigenvalue weighted by Crippen LogP contribution is 2.39. The Morgan fingerprint density at radius 3 is 2.19 bits per heavy atom. The molecule has 1 N–H and O–H groups in total. The summed E-state index contributed by atoms with van der Waals surface area (Å²) >= 11 is 0. The molecule has 5 nitrogen and oxygen atoms in total.